The van der Waals surface area contributed by atoms with Gasteiger partial charge in [0.1, 0.15) is 10.6 Å². The Bertz CT molecular complexity index is 1020. The van der Waals surface area contributed by atoms with Crippen LogP contribution >= 0.6 is 46.1 Å². The van der Waals surface area contributed by atoms with Gasteiger partial charge in [0.05, 0.1) is 17.2 Å². The normalized spacial score (nSPS) is 10.5. The predicted molar refractivity (Wildman–Crippen MR) is 111 cm³/mol. The minimum atomic E-state index is -0.550. The number of rotatable bonds is 4. The molecule has 0 aliphatic heterocycles. The number of halogens is 3. The molecule has 3 aromatic rings. The predicted octanol–water partition coefficient (Wildman–Crippen LogP) is 6.41. The van der Waals surface area contributed by atoms with Crippen LogP contribution in [0.4, 0.5) is 5.00 Å². The highest BCUT2D eigenvalue weighted by Crippen LogP contribution is 2.37. The first-order valence-corrected chi connectivity index (χ1v) is 9.64. The molecule has 0 spiro atoms. The van der Waals surface area contributed by atoms with Gasteiger partial charge < -0.3 is 10.1 Å². The molecule has 1 aromatic heterocycles. The van der Waals surface area contributed by atoms with Gasteiger partial charge in [-0.1, -0.05) is 46.9 Å². The molecule has 8 heteroatoms. The van der Waals surface area contributed by atoms with Crippen LogP contribution in [-0.4, -0.2) is 19.0 Å². The highest BCUT2D eigenvalue weighted by molar-refractivity contribution is 7.15. The number of methoxy groups -OCH3 is 1. The fourth-order valence-corrected chi connectivity index (χ4v) is 3.79. The molecular formula is C19H12Cl3NO3S. The molecule has 0 bridgehead atoms. The number of carbonyl (C=O) groups excluding carboxylic acids is 2. The van der Waals surface area contributed by atoms with Crippen molar-refractivity contribution in [3.8, 4) is 11.1 Å². The van der Waals surface area contributed by atoms with E-state index in [4.69, 9.17) is 39.5 Å². The third kappa shape index (κ3) is 4.28. The number of amides is 1. The smallest absolute Gasteiger partial charge is 0.341 e. The van der Waals surface area contributed by atoms with E-state index in [1.807, 2.05) is 0 Å². The average molecular weight is 441 g/mol. The number of nitrogens with one attached hydrogen (secondary N) is 1. The second-order valence-electron chi connectivity index (χ2n) is 5.43. The summed E-state index contributed by atoms with van der Waals surface area (Å²) in [6.45, 7) is 0. The number of hydrogen-bond donors (Lipinski definition) is 1. The van der Waals surface area contributed by atoms with Crippen molar-refractivity contribution in [2.45, 2.75) is 0 Å². The van der Waals surface area contributed by atoms with Gasteiger partial charge in [-0.2, -0.15) is 0 Å². The summed E-state index contributed by atoms with van der Waals surface area (Å²) in [4.78, 5) is 24.9. The van der Waals surface area contributed by atoms with Crippen molar-refractivity contribution in [2.24, 2.45) is 0 Å². The zero-order chi connectivity index (χ0) is 19.6. The van der Waals surface area contributed by atoms with Crippen molar-refractivity contribution in [1.29, 1.82) is 0 Å². The number of esters is 1. The third-order valence-corrected chi connectivity index (χ3v) is 5.63. The molecule has 1 amide bonds. The Kier molecular flexibility index (Phi) is 6.07. The van der Waals surface area contributed by atoms with E-state index in [0.29, 0.717) is 26.2 Å². The van der Waals surface area contributed by atoms with Gasteiger partial charge in [-0.3, -0.25) is 4.79 Å². The number of benzene rings is 2. The Morgan fingerprint density at radius 1 is 1.00 bits per heavy atom. The van der Waals surface area contributed by atoms with Crippen LogP contribution in [0, 0.1) is 0 Å². The molecule has 27 heavy (non-hydrogen) atoms. The van der Waals surface area contributed by atoms with Crippen molar-refractivity contribution in [2.75, 3.05) is 12.4 Å². The number of carbonyl (C=O) groups is 2. The molecule has 4 nitrogen and oxygen atoms in total. The summed E-state index contributed by atoms with van der Waals surface area (Å²) in [5.41, 5.74) is 2.03. The van der Waals surface area contributed by atoms with E-state index in [-0.39, 0.29) is 10.6 Å². The Morgan fingerprint density at radius 2 is 1.70 bits per heavy atom. The van der Waals surface area contributed by atoms with Crippen molar-refractivity contribution < 1.29 is 14.3 Å². The van der Waals surface area contributed by atoms with E-state index in [2.05, 4.69) is 5.32 Å². The molecule has 3 rings (SSSR count). The molecule has 1 N–H and O–H groups in total. The Labute approximate surface area is 174 Å². The van der Waals surface area contributed by atoms with Gasteiger partial charge in [-0.05, 0) is 35.9 Å². The van der Waals surface area contributed by atoms with Crippen molar-refractivity contribution in [3.63, 3.8) is 0 Å². The monoisotopic (exact) mass is 439 g/mol. The van der Waals surface area contributed by atoms with Crippen LogP contribution in [0.2, 0.25) is 15.1 Å². The van der Waals surface area contributed by atoms with Crippen LogP contribution in [0.3, 0.4) is 0 Å². The summed E-state index contributed by atoms with van der Waals surface area (Å²) < 4.78 is 4.90. The molecular weight excluding hydrogens is 429 g/mol. The molecule has 0 saturated carbocycles. The Morgan fingerprint density at radius 3 is 2.33 bits per heavy atom. The Balaban J connectivity index is 1.97. The van der Waals surface area contributed by atoms with Crippen LogP contribution < -0.4 is 5.32 Å². The molecule has 1 heterocycles. The zero-order valence-electron chi connectivity index (χ0n) is 13.9. The maximum absolute atomic E-state index is 12.6. The Hall–Kier alpha value is -2.05. The third-order valence-electron chi connectivity index (χ3n) is 3.74. The van der Waals surface area contributed by atoms with E-state index in [1.54, 1.807) is 35.7 Å². The van der Waals surface area contributed by atoms with Crippen LogP contribution in [-0.2, 0) is 4.74 Å². The van der Waals surface area contributed by atoms with Gasteiger partial charge >= 0.3 is 5.97 Å². The van der Waals surface area contributed by atoms with Crippen LogP contribution in [0.25, 0.3) is 11.1 Å². The number of anilines is 1. The fraction of sp³-hybridized carbons (Fsp3) is 0.0526. The maximum atomic E-state index is 12.6. The maximum Gasteiger partial charge on any atom is 0.341 e. The summed E-state index contributed by atoms with van der Waals surface area (Å²) in [6.07, 6.45) is 0. The lowest BCUT2D eigenvalue weighted by atomic mass is 10.0. The second-order valence-corrected chi connectivity index (χ2v) is 7.57. The number of ether oxygens (including phenoxy) is 1. The number of thiophene rings is 1. The van der Waals surface area contributed by atoms with E-state index in [1.165, 1.54) is 30.6 Å². The zero-order valence-corrected chi connectivity index (χ0v) is 17.0. The van der Waals surface area contributed by atoms with Crippen molar-refractivity contribution in [3.05, 3.63) is 74.0 Å². The van der Waals surface area contributed by atoms with E-state index < -0.39 is 11.9 Å². The average Bonchev–Trinajstić information content (AvgIpc) is 3.07. The molecule has 2 aromatic carbocycles. The fourth-order valence-electron chi connectivity index (χ4n) is 2.41. The summed E-state index contributed by atoms with van der Waals surface area (Å²) in [6, 6.07) is 11.6. The first-order valence-electron chi connectivity index (χ1n) is 7.63. The van der Waals surface area contributed by atoms with Gasteiger partial charge in [-0.25, -0.2) is 4.79 Å². The minimum absolute atomic E-state index is 0.269. The minimum Gasteiger partial charge on any atom is -0.465 e. The van der Waals surface area contributed by atoms with Gasteiger partial charge in [0, 0.05) is 21.5 Å². The standard InChI is InChI=1S/C19H12Cl3NO3S/c1-26-19(25)16-13(10-2-5-12(20)6-3-10)9-27-18(16)23-17(24)11-4-7-14(21)15(22)8-11/h2-9H,1H3,(H,23,24). The first kappa shape index (κ1) is 19.7. The van der Waals surface area contributed by atoms with E-state index in [0.717, 1.165) is 5.56 Å². The lowest BCUT2D eigenvalue weighted by Gasteiger charge is -2.08. The highest BCUT2D eigenvalue weighted by Gasteiger charge is 2.23. The summed E-state index contributed by atoms with van der Waals surface area (Å²) in [5, 5.41) is 6.10. The van der Waals surface area contributed by atoms with Crippen molar-refractivity contribution in [1.82, 2.24) is 0 Å². The lowest BCUT2D eigenvalue weighted by molar-refractivity contribution is 0.0603. The van der Waals surface area contributed by atoms with Crippen LogP contribution in [0.15, 0.2) is 47.8 Å². The van der Waals surface area contributed by atoms with Gasteiger partial charge in [0.2, 0.25) is 0 Å². The van der Waals surface area contributed by atoms with Gasteiger partial charge in [0.25, 0.3) is 5.91 Å². The molecule has 0 atom stereocenters. The molecule has 0 aliphatic carbocycles. The molecule has 0 fully saturated rings. The topological polar surface area (TPSA) is 55.4 Å². The number of hydrogen-bond acceptors (Lipinski definition) is 4. The molecule has 0 aliphatic rings. The van der Waals surface area contributed by atoms with E-state index >= 15 is 0 Å². The summed E-state index contributed by atoms with van der Waals surface area (Å²) in [5.74, 6) is -0.964. The summed E-state index contributed by atoms with van der Waals surface area (Å²) >= 11 is 19.0. The molecule has 0 unspecified atom stereocenters. The largest absolute Gasteiger partial charge is 0.465 e. The molecule has 138 valence electrons. The van der Waals surface area contributed by atoms with Gasteiger partial charge in [0.15, 0.2) is 0 Å². The van der Waals surface area contributed by atoms with Crippen LogP contribution in [0.1, 0.15) is 20.7 Å². The van der Waals surface area contributed by atoms with Crippen LogP contribution in [0.5, 0.6) is 0 Å². The molecule has 0 radical (unpaired) electrons. The van der Waals surface area contributed by atoms with Gasteiger partial charge in [-0.15, -0.1) is 11.3 Å². The van der Waals surface area contributed by atoms with E-state index in [9.17, 15) is 9.59 Å². The summed E-state index contributed by atoms with van der Waals surface area (Å²) in [7, 11) is 1.29. The van der Waals surface area contributed by atoms with Crippen molar-refractivity contribution >= 4 is 63.0 Å². The highest BCUT2D eigenvalue weighted by atomic mass is 35.5. The first-order chi connectivity index (χ1) is 12.9. The lowest BCUT2D eigenvalue weighted by Crippen LogP contribution is -2.14. The SMILES string of the molecule is COC(=O)c1c(-c2ccc(Cl)cc2)csc1NC(=O)c1ccc(Cl)c(Cl)c1. The second kappa shape index (κ2) is 8.31. The molecule has 0 saturated heterocycles. The quantitative estimate of drug-likeness (QED) is 0.477.